The topological polar surface area (TPSA) is 38.9 Å². The maximum Gasteiger partial charge on any atom is 0.124 e. The summed E-state index contributed by atoms with van der Waals surface area (Å²) in [6, 6.07) is 6.83. The molecule has 1 heterocycles. The van der Waals surface area contributed by atoms with Crippen LogP contribution in [0.5, 0.6) is 0 Å². The molecule has 0 fully saturated rings. The third-order valence-corrected chi connectivity index (χ3v) is 2.77. The SMILES string of the molecule is Cc1cc(F)cc(-c2cc(CN)c(C)cn2)c1. The molecule has 0 bridgehead atoms. The van der Waals surface area contributed by atoms with Crippen LogP contribution in [0, 0.1) is 19.7 Å². The summed E-state index contributed by atoms with van der Waals surface area (Å²) < 4.78 is 13.3. The molecular formula is C14H15FN2. The van der Waals surface area contributed by atoms with Gasteiger partial charge in [0.1, 0.15) is 5.82 Å². The Bertz CT molecular complexity index is 530. The molecule has 0 saturated carbocycles. The van der Waals surface area contributed by atoms with Gasteiger partial charge in [-0.05, 0) is 54.8 Å². The largest absolute Gasteiger partial charge is 0.326 e. The predicted octanol–water partition coefficient (Wildman–Crippen LogP) is 2.96. The second kappa shape index (κ2) is 4.63. The molecule has 88 valence electrons. The van der Waals surface area contributed by atoms with E-state index in [9.17, 15) is 4.39 Å². The molecule has 0 amide bonds. The van der Waals surface area contributed by atoms with Crippen LogP contribution in [0.3, 0.4) is 0 Å². The average molecular weight is 230 g/mol. The van der Waals surface area contributed by atoms with Crippen molar-refractivity contribution in [1.82, 2.24) is 4.98 Å². The second-order valence-electron chi connectivity index (χ2n) is 4.22. The molecule has 3 heteroatoms. The van der Waals surface area contributed by atoms with E-state index in [0.717, 1.165) is 27.9 Å². The number of pyridine rings is 1. The highest BCUT2D eigenvalue weighted by Crippen LogP contribution is 2.21. The quantitative estimate of drug-likeness (QED) is 0.861. The molecule has 0 unspecified atom stereocenters. The summed E-state index contributed by atoms with van der Waals surface area (Å²) in [7, 11) is 0. The van der Waals surface area contributed by atoms with E-state index in [1.807, 2.05) is 26.0 Å². The van der Waals surface area contributed by atoms with Crippen LogP contribution in [0.2, 0.25) is 0 Å². The Morgan fingerprint density at radius 1 is 1.18 bits per heavy atom. The molecule has 1 aromatic heterocycles. The van der Waals surface area contributed by atoms with Gasteiger partial charge in [0.15, 0.2) is 0 Å². The number of rotatable bonds is 2. The van der Waals surface area contributed by atoms with Crippen molar-refractivity contribution in [2.24, 2.45) is 5.73 Å². The number of nitrogens with two attached hydrogens (primary N) is 1. The molecule has 1 aromatic carbocycles. The number of aromatic nitrogens is 1. The summed E-state index contributed by atoms with van der Waals surface area (Å²) in [5, 5.41) is 0. The standard InChI is InChI=1S/C14H15FN2/c1-9-3-11(5-13(15)4-9)14-6-12(7-16)10(2)8-17-14/h3-6,8H,7,16H2,1-2H3. The first kappa shape index (κ1) is 11.7. The molecule has 0 atom stereocenters. The first-order valence-electron chi connectivity index (χ1n) is 5.53. The van der Waals surface area contributed by atoms with Gasteiger partial charge in [-0.3, -0.25) is 4.98 Å². The van der Waals surface area contributed by atoms with Gasteiger partial charge < -0.3 is 5.73 Å². The van der Waals surface area contributed by atoms with Crippen LogP contribution in [-0.4, -0.2) is 4.98 Å². The lowest BCUT2D eigenvalue weighted by atomic mass is 10.0. The minimum absolute atomic E-state index is 0.239. The molecular weight excluding hydrogens is 215 g/mol. The van der Waals surface area contributed by atoms with Gasteiger partial charge in [-0.15, -0.1) is 0 Å². The van der Waals surface area contributed by atoms with Gasteiger partial charge in [-0.1, -0.05) is 0 Å². The first-order chi connectivity index (χ1) is 8.10. The van der Waals surface area contributed by atoms with Crippen LogP contribution in [0.25, 0.3) is 11.3 Å². The molecule has 0 aliphatic heterocycles. The number of hydrogen-bond donors (Lipinski definition) is 1. The predicted molar refractivity (Wildman–Crippen MR) is 67.0 cm³/mol. The van der Waals surface area contributed by atoms with Gasteiger partial charge in [0.05, 0.1) is 5.69 Å². The highest BCUT2D eigenvalue weighted by molar-refractivity contribution is 5.61. The fourth-order valence-electron chi connectivity index (χ4n) is 1.83. The van der Waals surface area contributed by atoms with Crippen LogP contribution in [-0.2, 0) is 6.54 Å². The third-order valence-electron chi connectivity index (χ3n) is 2.77. The zero-order chi connectivity index (χ0) is 12.4. The summed E-state index contributed by atoms with van der Waals surface area (Å²) >= 11 is 0. The minimum Gasteiger partial charge on any atom is -0.326 e. The summed E-state index contributed by atoms with van der Waals surface area (Å²) in [6.45, 7) is 4.30. The Labute approximate surface area is 100 Å². The Hall–Kier alpha value is -1.74. The lowest BCUT2D eigenvalue weighted by molar-refractivity contribution is 0.627. The second-order valence-corrected chi connectivity index (χ2v) is 4.22. The number of nitrogens with zero attached hydrogens (tertiary/aromatic N) is 1. The Balaban J connectivity index is 2.52. The van der Waals surface area contributed by atoms with E-state index in [1.165, 1.54) is 12.1 Å². The van der Waals surface area contributed by atoms with Crippen molar-refractivity contribution < 1.29 is 4.39 Å². The monoisotopic (exact) mass is 230 g/mol. The van der Waals surface area contributed by atoms with Crippen molar-refractivity contribution in [3.8, 4) is 11.3 Å². The van der Waals surface area contributed by atoms with Gasteiger partial charge in [0, 0.05) is 18.3 Å². The number of halogens is 1. The minimum atomic E-state index is -0.239. The molecule has 17 heavy (non-hydrogen) atoms. The van der Waals surface area contributed by atoms with Gasteiger partial charge in [-0.25, -0.2) is 4.39 Å². The van der Waals surface area contributed by atoms with Crippen LogP contribution < -0.4 is 5.73 Å². The number of benzene rings is 1. The van der Waals surface area contributed by atoms with Crippen molar-refractivity contribution in [3.63, 3.8) is 0 Å². The molecule has 2 N–H and O–H groups in total. The van der Waals surface area contributed by atoms with E-state index < -0.39 is 0 Å². The number of hydrogen-bond acceptors (Lipinski definition) is 2. The fourth-order valence-corrected chi connectivity index (χ4v) is 1.83. The Morgan fingerprint density at radius 2 is 1.94 bits per heavy atom. The Kier molecular flexibility index (Phi) is 3.20. The smallest absolute Gasteiger partial charge is 0.124 e. The fraction of sp³-hybridized carbons (Fsp3) is 0.214. The molecule has 0 radical (unpaired) electrons. The maximum atomic E-state index is 13.3. The summed E-state index contributed by atoms with van der Waals surface area (Å²) in [6.07, 6.45) is 1.78. The first-order valence-corrected chi connectivity index (χ1v) is 5.53. The van der Waals surface area contributed by atoms with Crippen molar-refractivity contribution in [1.29, 1.82) is 0 Å². The van der Waals surface area contributed by atoms with Crippen molar-refractivity contribution >= 4 is 0 Å². The molecule has 0 aliphatic carbocycles. The zero-order valence-corrected chi connectivity index (χ0v) is 10.00. The number of aryl methyl sites for hydroxylation is 2. The highest BCUT2D eigenvalue weighted by atomic mass is 19.1. The summed E-state index contributed by atoms with van der Waals surface area (Å²) in [5.74, 6) is -0.239. The molecule has 2 nitrogen and oxygen atoms in total. The van der Waals surface area contributed by atoms with E-state index in [2.05, 4.69) is 4.98 Å². The van der Waals surface area contributed by atoms with Crippen LogP contribution in [0.4, 0.5) is 4.39 Å². The lowest BCUT2D eigenvalue weighted by Crippen LogP contribution is -2.00. The van der Waals surface area contributed by atoms with Gasteiger partial charge in [-0.2, -0.15) is 0 Å². The van der Waals surface area contributed by atoms with Gasteiger partial charge in [0.2, 0.25) is 0 Å². The van der Waals surface area contributed by atoms with Crippen LogP contribution >= 0.6 is 0 Å². The molecule has 0 aliphatic rings. The van der Waals surface area contributed by atoms with Gasteiger partial charge >= 0.3 is 0 Å². The van der Waals surface area contributed by atoms with Crippen LogP contribution in [0.15, 0.2) is 30.5 Å². The van der Waals surface area contributed by atoms with Gasteiger partial charge in [0.25, 0.3) is 0 Å². The van der Waals surface area contributed by atoms with Crippen molar-refractivity contribution in [2.45, 2.75) is 20.4 Å². The maximum absolute atomic E-state index is 13.3. The van der Waals surface area contributed by atoms with Crippen molar-refractivity contribution in [3.05, 3.63) is 53.0 Å². The zero-order valence-electron chi connectivity index (χ0n) is 10.00. The molecule has 2 rings (SSSR count). The van der Waals surface area contributed by atoms with Crippen molar-refractivity contribution in [2.75, 3.05) is 0 Å². The average Bonchev–Trinajstić information content (AvgIpc) is 2.28. The molecule has 0 spiro atoms. The van der Waals surface area contributed by atoms with Crippen LogP contribution in [0.1, 0.15) is 16.7 Å². The van der Waals surface area contributed by atoms with E-state index in [4.69, 9.17) is 5.73 Å². The molecule has 2 aromatic rings. The lowest BCUT2D eigenvalue weighted by Gasteiger charge is -2.07. The summed E-state index contributed by atoms with van der Waals surface area (Å²) in [4.78, 5) is 4.32. The Morgan fingerprint density at radius 3 is 2.59 bits per heavy atom. The summed E-state index contributed by atoms with van der Waals surface area (Å²) in [5.41, 5.74) is 10.2. The normalized spacial score (nSPS) is 10.6. The third kappa shape index (κ3) is 2.50. The van der Waals surface area contributed by atoms with E-state index in [0.29, 0.717) is 6.54 Å². The van der Waals surface area contributed by atoms with E-state index in [-0.39, 0.29) is 5.82 Å². The van der Waals surface area contributed by atoms with E-state index in [1.54, 1.807) is 6.20 Å². The van der Waals surface area contributed by atoms with E-state index >= 15 is 0 Å². The highest BCUT2D eigenvalue weighted by Gasteiger charge is 2.05. The molecule has 0 saturated heterocycles.